The number of nitrogens with zero attached hydrogens (tertiary/aromatic N) is 2. The van der Waals surface area contributed by atoms with Gasteiger partial charge < -0.3 is 19.9 Å². The predicted octanol–water partition coefficient (Wildman–Crippen LogP) is 1.43. The van der Waals surface area contributed by atoms with E-state index in [1.165, 1.54) is 5.56 Å². The molecule has 3 rings (SSSR count). The Balaban J connectivity index is 1.38. The van der Waals surface area contributed by atoms with E-state index < -0.39 is 0 Å². The van der Waals surface area contributed by atoms with E-state index in [2.05, 4.69) is 34.5 Å². The molecule has 1 amide bonds. The zero-order valence-electron chi connectivity index (χ0n) is 13.9. The van der Waals surface area contributed by atoms with Crippen molar-refractivity contribution in [1.82, 2.24) is 15.1 Å². The molecule has 1 aromatic rings. The van der Waals surface area contributed by atoms with Gasteiger partial charge in [0.05, 0.1) is 0 Å². The van der Waals surface area contributed by atoms with Gasteiger partial charge in [-0.3, -0.25) is 4.79 Å². The van der Waals surface area contributed by atoms with Crippen molar-refractivity contribution in [3.05, 3.63) is 35.9 Å². The summed E-state index contributed by atoms with van der Waals surface area (Å²) < 4.78 is 5.49. The highest BCUT2D eigenvalue weighted by Crippen LogP contribution is 2.16. The summed E-state index contributed by atoms with van der Waals surface area (Å²) in [7, 11) is 0. The van der Waals surface area contributed by atoms with Gasteiger partial charge in [-0.2, -0.15) is 0 Å². The monoisotopic (exact) mass is 347 g/mol. The fourth-order valence-corrected chi connectivity index (χ4v) is 3.46. The van der Waals surface area contributed by atoms with Crippen LogP contribution < -0.4 is 5.32 Å². The molecule has 0 spiro atoms. The molecule has 5 nitrogen and oxygen atoms in total. The molecule has 2 heterocycles. The van der Waals surface area contributed by atoms with Crippen LogP contribution in [0.4, 0.5) is 0 Å². The number of carbonyl (C=O) groups is 1. The van der Waals surface area contributed by atoms with Crippen molar-refractivity contribution in [2.24, 2.45) is 0 Å². The zero-order valence-corrected chi connectivity index (χ0v) is 14.8. The van der Waals surface area contributed by atoms with E-state index in [0.717, 1.165) is 57.1 Å². The molecule has 1 N–H and O–H groups in total. The Hall–Kier alpha value is -1.66. The topological polar surface area (TPSA) is 44.8 Å². The second-order valence-corrected chi connectivity index (χ2v) is 6.67. The first-order valence-corrected chi connectivity index (χ1v) is 9.12. The fraction of sp³-hybridized carbons (Fsp3) is 0.556. The lowest BCUT2D eigenvalue weighted by Crippen LogP contribution is -2.54. The maximum Gasteiger partial charge on any atom is 0.251 e. The van der Waals surface area contributed by atoms with Gasteiger partial charge in [-0.25, -0.2) is 0 Å². The first kappa shape index (κ1) is 17.2. The number of rotatable bonds is 4. The molecule has 130 valence electrons. The molecule has 2 aliphatic rings. The Morgan fingerprint density at radius 2 is 1.88 bits per heavy atom. The van der Waals surface area contributed by atoms with E-state index in [4.69, 9.17) is 17.0 Å². The SMILES string of the molecule is O=C([C@@H]1CCCO1)N1CCN(C(=S)NCCc2ccccc2)CC1. The second-order valence-electron chi connectivity index (χ2n) is 6.28. The van der Waals surface area contributed by atoms with Gasteiger partial charge in [0, 0.05) is 39.3 Å². The normalized spacial score (nSPS) is 20.9. The average molecular weight is 347 g/mol. The molecule has 0 aromatic heterocycles. The van der Waals surface area contributed by atoms with Gasteiger partial charge in [0.2, 0.25) is 0 Å². The van der Waals surface area contributed by atoms with Gasteiger partial charge in [0.1, 0.15) is 6.10 Å². The molecule has 24 heavy (non-hydrogen) atoms. The fourth-order valence-electron chi connectivity index (χ4n) is 3.18. The number of piperazine rings is 1. The van der Waals surface area contributed by atoms with Crippen molar-refractivity contribution in [1.29, 1.82) is 0 Å². The summed E-state index contributed by atoms with van der Waals surface area (Å²) in [4.78, 5) is 16.4. The van der Waals surface area contributed by atoms with Crippen LogP contribution in [0.1, 0.15) is 18.4 Å². The summed E-state index contributed by atoms with van der Waals surface area (Å²) in [6.45, 7) is 4.56. The van der Waals surface area contributed by atoms with Crippen LogP contribution in [0.5, 0.6) is 0 Å². The van der Waals surface area contributed by atoms with Crippen LogP contribution in [0.15, 0.2) is 30.3 Å². The first-order chi connectivity index (χ1) is 11.7. The number of amides is 1. The Bertz CT molecular complexity index is 553. The van der Waals surface area contributed by atoms with Crippen molar-refractivity contribution < 1.29 is 9.53 Å². The van der Waals surface area contributed by atoms with Crippen molar-refractivity contribution >= 4 is 23.2 Å². The molecule has 0 unspecified atom stereocenters. The van der Waals surface area contributed by atoms with Gasteiger partial charge in [0.25, 0.3) is 5.91 Å². The van der Waals surface area contributed by atoms with Crippen LogP contribution in [0.2, 0.25) is 0 Å². The molecule has 2 saturated heterocycles. The standard InChI is InChI=1S/C18H25N3O2S/c22-17(16-7-4-14-23-16)20-10-12-21(13-11-20)18(24)19-9-8-15-5-2-1-3-6-15/h1-3,5-6,16H,4,7-14H2,(H,19,24)/t16-/m0/s1. The molecule has 1 atom stereocenters. The van der Waals surface area contributed by atoms with Crippen molar-refractivity contribution in [3.63, 3.8) is 0 Å². The van der Waals surface area contributed by atoms with Crippen LogP contribution in [0, 0.1) is 0 Å². The maximum absolute atomic E-state index is 12.3. The Labute approximate surface area is 149 Å². The van der Waals surface area contributed by atoms with E-state index in [1.54, 1.807) is 0 Å². The number of hydrogen-bond donors (Lipinski definition) is 1. The van der Waals surface area contributed by atoms with Crippen molar-refractivity contribution in [2.75, 3.05) is 39.3 Å². The van der Waals surface area contributed by atoms with E-state index in [1.807, 2.05) is 11.0 Å². The number of thiocarbonyl (C=S) groups is 1. The van der Waals surface area contributed by atoms with Crippen molar-refractivity contribution in [2.45, 2.75) is 25.4 Å². The van der Waals surface area contributed by atoms with Crippen LogP contribution >= 0.6 is 12.2 Å². The van der Waals surface area contributed by atoms with Crippen LogP contribution in [-0.4, -0.2) is 66.3 Å². The summed E-state index contributed by atoms with van der Waals surface area (Å²) >= 11 is 5.49. The Morgan fingerprint density at radius 3 is 2.54 bits per heavy atom. The molecule has 2 fully saturated rings. The minimum atomic E-state index is -0.215. The molecule has 1 aromatic carbocycles. The molecule has 0 bridgehead atoms. The second kappa shape index (κ2) is 8.44. The van der Waals surface area contributed by atoms with Gasteiger partial charge >= 0.3 is 0 Å². The maximum atomic E-state index is 12.3. The highest BCUT2D eigenvalue weighted by molar-refractivity contribution is 7.80. The summed E-state index contributed by atoms with van der Waals surface area (Å²) in [5.74, 6) is 0.148. The van der Waals surface area contributed by atoms with Gasteiger partial charge in [0.15, 0.2) is 5.11 Å². The lowest BCUT2D eigenvalue weighted by molar-refractivity contribution is -0.142. The minimum absolute atomic E-state index is 0.148. The molecule has 2 aliphatic heterocycles. The van der Waals surface area contributed by atoms with E-state index in [0.29, 0.717) is 6.61 Å². The molecule has 6 heteroatoms. The Kier molecular flexibility index (Phi) is 6.04. The van der Waals surface area contributed by atoms with E-state index >= 15 is 0 Å². The zero-order chi connectivity index (χ0) is 16.8. The molecule has 0 aliphatic carbocycles. The number of benzene rings is 1. The van der Waals surface area contributed by atoms with E-state index in [-0.39, 0.29) is 12.0 Å². The summed E-state index contributed by atoms with van der Waals surface area (Å²) in [5.41, 5.74) is 1.31. The third kappa shape index (κ3) is 4.45. The molecule has 0 radical (unpaired) electrons. The minimum Gasteiger partial charge on any atom is -0.368 e. The van der Waals surface area contributed by atoms with Crippen LogP contribution in [-0.2, 0) is 16.0 Å². The molecular formula is C18H25N3O2S. The number of nitrogens with one attached hydrogen (secondary N) is 1. The smallest absolute Gasteiger partial charge is 0.251 e. The van der Waals surface area contributed by atoms with Gasteiger partial charge in [-0.05, 0) is 37.0 Å². The predicted molar refractivity (Wildman–Crippen MR) is 97.9 cm³/mol. The Morgan fingerprint density at radius 1 is 1.17 bits per heavy atom. The first-order valence-electron chi connectivity index (χ1n) is 8.71. The number of carbonyl (C=O) groups excluding carboxylic acids is 1. The highest BCUT2D eigenvalue weighted by atomic mass is 32.1. The van der Waals surface area contributed by atoms with Gasteiger partial charge in [-0.1, -0.05) is 30.3 Å². The number of ether oxygens (including phenoxy) is 1. The molecular weight excluding hydrogens is 322 g/mol. The largest absolute Gasteiger partial charge is 0.368 e. The number of hydrogen-bond acceptors (Lipinski definition) is 3. The quantitative estimate of drug-likeness (QED) is 0.835. The summed E-state index contributed by atoms with van der Waals surface area (Å²) in [6.07, 6.45) is 2.59. The van der Waals surface area contributed by atoms with Crippen LogP contribution in [0.25, 0.3) is 0 Å². The highest BCUT2D eigenvalue weighted by Gasteiger charge is 2.30. The third-order valence-electron chi connectivity index (χ3n) is 4.62. The summed E-state index contributed by atoms with van der Waals surface area (Å²) in [5, 5.41) is 4.12. The van der Waals surface area contributed by atoms with Gasteiger partial charge in [-0.15, -0.1) is 0 Å². The summed E-state index contributed by atoms with van der Waals surface area (Å²) in [6, 6.07) is 10.4. The van der Waals surface area contributed by atoms with Crippen LogP contribution in [0.3, 0.4) is 0 Å². The van der Waals surface area contributed by atoms with E-state index in [9.17, 15) is 4.79 Å². The lowest BCUT2D eigenvalue weighted by atomic mass is 10.1. The lowest BCUT2D eigenvalue weighted by Gasteiger charge is -2.37. The van der Waals surface area contributed by atoms with Crippen molar-refractivity contribution in [3.8, 4) is 0 Å². The third-order valence-corrected chi connectivity index (χ3v) is 5.02. The average Bonchev–Trinajstić information content (AvgIpc) is 3.17. The molecule has 0 saturated carbocycles.